The molecule has 1 saturated heterocycles. The summed E-state index contributed by atoms with van der Waals surface area (Å²) in [6.45, 7) is 1.02. The molecule has 258 valence electrons. The third kappa shape index (κ3) is 7.39. The van der Waals surface area contributed by atoms with E-state index in [1.165, 1.54) is 11.9 Å². The highest BCUT2D eigenvalue weighted by Crippen LogP contribution is 2.49. The van der Waals surface area contributed by atoms with Gasteiger partial charge in [0.1, 0.15) is 11.2 Å². The molecule has 0 bridgehead atoms. The topological polar surface area (TPSA) is 78.0 Å². The van der Waals surface area contributed by atoms with Crippen LogP contribution in [0.2, 0.25) is 10.0 Å². The highest BCUT2D eigenvalue weighted by Gasteiger charge is 2.53. The molecule has 0 unspecified atom stereocenters. The summed E-state index contributed by atoms with van der Waals surface area (Å²) in [6, 6.07) is 21.4. The Kier molecular flexibility index (Phi) is 10.6. The van der Waals surface area contributed by atoms with Crippen molar-refractivity contribution < 1.29 is 31.2 Å². The van der Waals surface area contributed by atoms with E-state index in [1.54, 1.807) is 25.2 Å². The number of hydrogen-bond acceptors (Lipinski definition) is 5. The number of benzene rings is 3. The van der Waals surface area contributed by atoms with Gasteiger partial charge in [-0.3, -0.25) is 9.59 Å². The normalized spacial score (nSPS) is 18.2. The number of piperidine rings is 1. The second kappa shape index (κ2) is 14.0. The molecule has 1 fully saturated rings. The molecule has 2 amide bonds. The van der Waals surface area contributed by atoms with Crippen LogP contribution in [0.25, 0.3) is 0 Å². The van der Waals surface area contributed by atoms with Crippen molar-refractivity contribution in [3.05, 3.63) is 105 Å². The summed E-state index contributed by atoms with van der Waals surface area (Å²) >= 11 is 12.7. The first-order chi connectivity index (χ1) is 22.6. The molecular formula is C35H38Cl2F3N3O4S. The SMILES string of the molecule is CN(C[C@](CCN1CCC2(CC1)c1ccccc1CS2(=O)=O)(c1ccc(Cl)c(Cl)c1)N(C)C(=O)Cc1ccccc1)C(=O)CC(F)(F)F. The van der Waals surface area contributed by atoms with Crippen LogP contribution in [0, 0.1) is 0 Å². The fourth-order valence-corrected chi connectivity index (χ4v) is 9.72. The van der Waals surface area contributed by atoms with Crippen molar-refractivity contribution >= 4 is 44.9 Å². The van der Waals surface area contributed by atoms with Crippen molar-refractivity contribution in [3.8, 4) is 0 Å². The molecule has 7 nitrogen and oxygen atoms in total. The predicted molar refractivity (Wildman–Crippen MR) is 180 cm³/mol. The van der Waals surface area contributed by atoms with E-state index in [0.717, 1.165) is 21.6 Å². The molecule has 48 heavy (non-hydrogen) atoms. The van der Waals surface area contributed by atoms with Gasteiger partial charge >= 0.3 is 6.18 Å². The first kappa shape index (κ1) is 36.2. The Labute approximate surface area is 289 Å². The van der Waals surface area contributed by atoms with Crippen LogP contribution >= 0.6 is 23.2 Å². The zero-order chi connectivity index (χ0) is 34.9. The summed E-state index contributed by atoms with van der Waals surface area (Å²) < 4.78 is 65.9. The van der Waals surface area contributed by atoms with E-state index in [2.05, 4.69) is 4.90 Å². The van der Waals surface area contributed by atoms with Gasteiger partial charge in [0, 0.05) is 27.2 Å². The minimum absolute atomic E-state index is 0.0101. The van der Waals surface area contributed by atoms with Gasteiger partial charge in [-0.25, -0.2) is 8.42 Å². The predicted octanol–water partition coefficient (Wildman–Crippen LogP) is 6.61. The summed E-state index contributed by atoms with van der Waals surface area (Å²) in [5, 5.41) is 0.449. The summed E-state index contributed by atoms with van der Waals surface area (Å²) in [5.41, 5.74) is 1.61. The lowest BCUT2D eigenvalue weighted by atomic mass is 9.82. The maximum atomic E-state index is 14.0. The summed E-state index contributed by atoms with van der Waals surface area (Å²) in [5.74, 6) is -1.44. The molecule has 0 aliphatic carbocycles. The van der Waals surface area contributed by atoms with E-state index in [0.29, 0.717) is 38.0 Å². The van der Waals surface area contributed by atoms with Gasteiger partial charge < -0.3 is 14.7 Å². The van der Waals surface area contributed by atoms with Crippen molar-refractivity contribution in [2.24, 2.45) is 0 Å². The standard InChI is InChI=1S/C35H38Cl2F3N3O4S/c1-41(32(45)22-35(38,39)40)24-33(27-12-13-29(36)30(37)21-27,42(2)31(44)20-25-8-4-3-5-9-25)14-17-43-18-15-34(16-19-43)28-11-7-6-10-26(28)23-48(34,46)47/h3-13,21H,14-20,22-24H2,1-2H3/t33-/m1/s1. The number of rotatable bonds is 10. The quantitative estimate of drug-likeness (QED) is 0.235. The lowest BCUT2D eigenvalue weighted by Gasteiger charge is -2.47. The molecular weight excluding hydrogens is 686 g/mol. The third-order valence-electron chi connectivity index (χ3n) is 9.90. The number of carbonyl (C=O) groups is 2. The van der Waals surface area contributed by atoms with Gasteiger partial charge in [-0.05, 0) is 66.7 Å². The first-order valence-electron chi connectivity index (χ1n) is 15.7. The monoisotopic (exact) mass is 723 g/mol. The van der Waals surface area contributed by atoms with Crippen LogP contribution in [0.3, 0.4) is 0 Å². The molecule has 1 spiro atoms. The molecule has 13 heteroatoms. The summed E-state index contributed by atoms with van der Waals surface area (Å²) in [4.78, 5) is 31.5. The van der Waals surface area contributed by atoms with Crippen LogP contribution < -0.4 is 0 Å². The number of hydrogen-bond donors (Lipinski definition) is 0. The van der Waals surface area contributed by atoms with E-state index in [1.807, 2.05) is 54.6 Å². The molecule has 1 atom stereocenters. The Morgan fingerprint density at radius 2 is 1.54 bits per heavy atom. The number of sulfone groups is 1. The van der Waals surface area contributed by atoms with Crippen molar-refractivity contribution in [2.75, 3.05) is 40.3 Å². The maximum absolute atomic E-state index is 14.0. The Balaban J connectivity index is 1.48. The molecule has 0 saturated carbocycles. The Hall–Kier alpha value is -3.12. The number of halogens is 5. The molecule has 2 aliphatic rings. The Morgan fingerprint density at radius 1 is 0.896 bits per heavy atom. The zero-order valence-corrected chi connectivity index (χ0v) is 29.1. The van der Waals surface area contributed by atoms with Crippen molar-refractivity contribution in [3.63, 3.8) is 0 Å². The second-order valence-corrected chi connectivity index (χ2v) is 15.9. The average molecular weight is 725 g/mol. The molecule has 2 aliphatic heterocycles. The number of likely N-dealkylation sites (tertiary alicyclic amines) is 1. The highest BCUT2D eigenvalue weighted by atomic mass is 35.5. The van der Waals surface area contributed by atoms with E-state index in [9.17, 15) is 31.2 Å². The average Bonchev–Trinajstić information content (AvgIpc) is 3.25. The van der Waals surface area contributed by atoms with Crippen molar-refractivity contribution in [1.29, 1.82) is 0 Å². The van der Waals surface area contributed by atoms with Gasteiger partial charge in [-0.15, -0.1) is 0 Å². The fraction of sp³-hybridized carbons (Fsp3) is 0.429. The van der Waals surface area contributed by atoms with E-state index >= 15 is 0 Å². The van der Waals surface area contributed by atoms with Crippen LogP contribution in [0.4, 0.5) is 13.2 Å². The molecule has 3 aromatic rings. The second-order valence-electron chi connectivity index (χ2n) is 12.8. The number of carbonyl (C=O) groups excluding carboxylic acids is 2. The van der Waals surface area contributed by atoms with Crippen LogP contribution in [-0.2, 0) is 41.9 Å². The fourth-order valence-electron chi connectivity index (χ4n) is 7.14. The number of amides is 2. The van der Waals surface area contributed by atoms with Crippen molar-refractivity contribution in [2.45, 2.75) is 54.3 Å². The number of likely N-dealkylation sites (N-methyl/N-ethyl adjacent to an activating group) is 2. The molecule has 0 radical (unpaired) electrons. The van der Waals surface area contributed by atoms with Crippen molar-refractivity contribution in [1.82, 2.24) is 14.7 Å². The third-order valence-corrected chi connectivity index (χ3v) is 13.2. The molecule has 3 aromatic carbocycles. The van der Waals surface area contributed by atoms with Gasteiger partial charge in [-0.1, -0.05) is 83.9 Å². The molecule has 0 aromatic heterocycles. The minimum atomic E-state index is -4.71. The van der Waals surface area contributed by atoms with Gasteiger partial charge in [0.05, 0.1) is 27.8 Å². The molecule has 0 N–H and O–H groups in total. The van der Waals surface area contributed by atoms with E-state index in [4.69, 9.17) is 23.2 Å². The first-order valence-corrected chi connectivity index (χ1v) is 18.1. The summed E-state index contributed by atoms with van der Waals surface area (Å²) in [6.07, 6.45) is -5.35. The minimum Gasteiger partial charge on any atom is -0.343 e. The lowest BCUT2D eigenvalue weighted by molar-refractivity contribution is -0.162. The van der Waals surface area contributed by atoms with Gasteiger partial charge in [-0.2, -0.15) is 13.2 Å². The van der Waals surface area contributed by atoms with Gasteiger partial charge in [0.25, 0.3) is 0 Å². The number of nitrogens with zero attached hydrogens (tertiary/aromatic N) is 3. The van der Waals surface area contributed by atoms with E-state index < -0.39 is 38.6 Å². The number of fused-ring (bicyclic) bond motifs is 2. The van der Waals surface area contributed by atoms with Crippen LogP contribution in [0.5, 0.6) is 0 Å². The number of alkyl halides is 3. The van der Waals surface area contributed by atoms with Crippen LogP contribution in [-0.4, -0.2) is 81.4 Å². The molecule has 2 heterocycles. The lowest BCUT2D eigenvalue weighted by Crippen LogP contribution is -2.56. The van der Waals surface area contributed by atoms with Crippen LogP contribution in [0.1, 0.15) is 47.9 Å². The van der Waals surface area contributed by atoms with Crippen LogP contribution in [0.15, 0.2) is 72.8 Å². The van der Waals surface area contributed by atoms with Gasteiger partial charge in [0.2, 0.25) is 11.8 Å². The summed E-state index contributed by atoms with van der Waals surface area (Å²) in [7, 11) is -0.544. The molecule has 5 rings (SSSR count). The zero-order valence-electron chi connectivity index (χ0n) is 26.8. The smallest absolute Gasteiger partial charge is 0.343 e. The van der Waals surface area contributed by atoms with E-state index in [-0.39, 0.29) is 41.1 Å². The highest BCUT2D eigenvalue weighted by molar-refractivity contribution is 7.92. The maximum Gasteiger partial charge on any atom is 0.397 e. The Morgan fingerprint density at radius 3 is 2.19 bits per heavy atom. The Bertz CT molecular complexity index is 1770. The van der Waals surface area contributed by atoms with Gasteiger partial charge in [0.15, 0.2) is 9.84 Å². The largest absolute Gasteiger partial charge is 0.397 e.